The Labute approximate surface area is 236 Å². The number of halogens is 1. The third-order valence-electron chi connectivity index (χ3n) is 8.54. The second-order valence-electron chi connectivity index (χ2n) is 11.8. The van der Waals surface area contributed by atoms with E-state index in [4.69, 9.17) is 10.8 Å². The molecule has 3 N–H and O–H groups in total. The molecule has 40 heavy (non-hydrogen) atoms. The maximum atomic E-state index is 15.2. The Morgan fingerprint density at radius 1 is 0.925 bits per heavy atom. The van der Waals surface area contributed by atoms with Gasteiger partial charge in [0.1, 0.15) is 5.82 Å². The van der Waals surface area contributed by atoms with Gasteiger partial charge in [0, 0.05) is 38.3 Å². The fourth-order valence-corrected chi connectivity index (χ4v) is 6.24. The largest absolute Gasteiger partial charge is 0.343 e. The van der Waals surface area contributed by atoms with Crippen LogP contribution in [0.4, 0.5) is 9.18 Å². The van der Waals surface area contributed by atoms with Gasteiger partial charge in [0.2, 0.25) is 0 Å². The number of fused-ring (bicyclic) bond motifs is 1. The van der Waals surface area contributed by atoms with E-state index in [0.29, 0.717) is 37.4 Å². The number of hydrogen-bond acceptors (Lipinski definition) is 4. The highest BCUT2D eigenvalue weighted by molar-refractivity contribution is 6.14. The lowest BCUT2D eigenvalue weighted by molar-refractivity contribution is 0.0918. The van der Waals surface area contributed by atoms with Crippen molar-refractivity contribution in [3.8, 4) is 0 Å². The van der Waals surface area contributed by atoms with Gasteiger partial charge in [-0.25, -0.2) is 9.18 Å². The first-order chi connectivity index (χ1) is 19.2. The third kappa shape index (κ3) is 6.26. The molecule has 5 rings (SSSR count). The molecule has 212 valence electrons. The van der Waals surface area contributed by atoms with E-state index in [2.05, 4.69) is 5.32 Å². The average Bonchev–Trinajstić information content (AvgIpc) is 2.93. The summed E-state index contributed by atoms with van der Waals surface area (Å²) >= 11 is 0. The third-order valence-corrected chi connectivity index (χ3v) is 8.54. The average molecular weight is 546 g/mol. The van der Waals surface area contributed by atoms with Crippen molar-refractivity contribution >= 4 is 23.4 Å². The number of carbonyl (C=O) groups is 2. The maximum Gasteiger partial charge on any atom is 0.320 e. The highest BCUT2D eigenvalue weighted by Crippen LogP contribution is 2.29. The molecular weight excluding hydrogens is 505 g/mol. The molecule has 0 saturated carbocycles. The Hall–Kier alpha value is -3.55. The predicted octanol–water partition coefficient (Wildman–Crippen LogP) is 6.09. The fraction of sp³-hybridized carbons (Fsp3) is 0.500. The van der Waals surface area contributed by atoms with Crippen molar-refractivity contribution in [1.82, 2.24) is 15.1 Å². The van der Waals surface area contributed by atoms with Crippen molar-refractivity contribution in [1.29, 1.82) is 10.8 Å². The number of urea groups is 1. The molecule has 1 aromatic carbocycles. The highest BCUT2D eigenvalue weighted by Gasteiger charge is 2.32. The molecule has 0 radical (unpaired) electrons. The molecule has 0 bridgehead atoms. The van der Waals surface area contributed by atoms with Crippen molar-refractivity contribution in [2.24, 2.45) is 0 Å². The van der Waals surface area contributed by atoms with Crippen LogP contribution in [-0.4, -0.2) is 58.3 Å². The van der Waals surface area contributed by atoms with Crippen molar-refractivity contribution in [2.45, 2.75) is 83.2 Å². The molecule has 1 fully saturated rings. The summed E-state index contributed by atoms with van der Waals surface area (Å²) in [5.41, 5.74) is 3.47. The summed E-state index contributed by atoms with van der Waals surface area (Å²) in [6.07, 6.45) is 16.2. The van der Waals surface area contributed by atoms with E-state index in [9.17, 15) is 9.59 Å². The number of rotatable bonds is 4. The molecule has 1 unspecified atom stereocenters. The number of amides is 3. The van der Waals surface area contributed by atoms with Gasteiger partial charge >= 0.3 is 6.03 Å². The quantitative estimate of drug-likeness (QED) is 0.399. The lowest BCUT2D eigenvalue weighted by Crippen LogP contribution is -2.47. The topological polar surface area (TPSA) is 100 Å². The Balaban J connectivity index is 1.28. The van der Waals surface area contributed by atoms with Crippen LogP contribution in [0, 0.1) is 16.6 Å². The number of nitrogens with one attached hydrogen (secondary N) is 3. The highest BCUT2D eigenvalue weighted by atomic mass is 19.1. The van der Waals surface area contributed by atoms with Crippen LogP contribution < -0.4 is 5.32 Å². The summed E-state index contributed by atoms with van der Waals surface area (Å²) < 4.78 is 15.2. The van der Waals surface area contributed by atoms with Crippen molar-refractivity contribution in [3.05, 3.63) is 70.1 Å². The summed E-state index contributed by atoms with van der Waals surface area (Å²) in [4.78, 5) is 30.2. The van der Waals surface area contributed by atoms with Crippen LogP contribution in [0.5, 0.6) is 0 Å². The Morgan fingerprint density at radius 2 is 1.68 bits per heavy atom. The van der Waals surface area contributed by atoms with Gasteiger partial charge in [-0.15, -0.1) is 0 Å². The van der Waals surface area contributed by atoms with Gasteiger partial charge in [0.05, 0.1) is 16.8 Å². The number of likely N-dealkylation sites (tertiary alicyclic amines) is 1. The molecule has 2 aliphatic carbocycles. The molecule has 7 nitrogen and oxygen atoms in total. The normalized spacial score (nSPS) is 24.7. The van der Waals surface area contributed by atoms with Crippen molar-refractivity contribution in [2.75, 3.05) is 19.6 Å². The van der Waals surface area contributed by atoms with E-state index < -0.39 is 17.3 Å². The van der Waals surface area contributed by atoms with Gasteiger partial charge in [-0.2, -0.15) is 0 Å². The second kappa shape index (κ2) is 11.9. The molecular formula is C32H40FN5O2. The van der Waals surface area contributed by atoms with Gasteiger partial charge in [-0.1, -0.05) is 24.6 Å². The molecule has 3 amide bonds. The SMILES string of the molecule is CC1(NC(=O)c2cc3c(cc2F)CCN(C(=O)N2CCCCC2)C3)C=CC=C(C(=N)/C2=C/C(=N)CCCCC2)C1. The summed E-state index contributed by atoms with van der Waals surface area (Å²) in [5, 5.41) is 20.0. The minimum atomic E-state index is -0.790. The van der Waals surface area contributed by atoms with Crippen LogP contribution >= 0.6 is 0 Å². The summed E-state index contributed by atoms with van der Waals surface area (Å²) in [7, 11) is 0. The number of carbonyl (C=O) groups excluding carboxylic acids is 2. The summed E-state index contributed by atoms with van der Waals surface area (Å²) in [5.74, 6) is -1.07. The smallest absolute Gasteiger partial charge is 0.320 e. The number of nitrogens with zero attached hydrogens (tertiary/aromatic N) is 2. The van der Waals surface area contributed by atoms with E-state index in [0.717, 1.165) is 86.7 Å². The summed E-state index contributed by atoms with van der Waals surface area (Å²) in [6, 6.07) is 3.08. The molecule has 2 aliphatic heterocycles. The molecule has 1 saturated heterocycles. The van der Waals surface area contributed by atoms with Gasteiger partial charge in [-0.05, 0) is 98.8 Å². The second-order valence-corrected chi connectivity index (χ2v) is 11.8. The van der Waals surface area contributed by atoms with Crippen LogP contribution in [0.1, 0.15) is 86.2 Å². The molecule has 1 aromatic rings. The van der Waals surface area contributed by atoms with Gasteiger partial charge in [0.25, 0.3) is 5.91 Å². The first kappa shape index (κ1) is 28.0. The number of piperidine rings is 1. The minimum absolute atomic E-state index is 0.0249. The fourth-order valence-electron chi connectivity index (χ4n) is 6.24. The monoisotopic (exact) mass is 545 g/mol. The Bertz CT molecular complexity index is 1310. The lowest BCUT2D eigenvalue weighted by Gasteiger charge is -2.36. The van der Waals surface area contributed by atoms with E-state index in [1.165, 1.54) is 6.07 Å². The Morgan fingerprint density at radius 3 is 2.48 bits per heavy atom. The van der Waals surface area contributed by atoms with Gasteiger partial charge in [0.15, 0.2) is 0 Å². The zero-order valence-electron chi connectivity index (χ0n) is 23.5. The van der Waals surface area contributed by atoms with Crippen LogP contribution in [-0.2, 0) is 13.0 Å². The van der Waals surface area contributed by atoms with Gasteiger partial charge in [-0.3, -0.25) is 4.79 Å². The van der Waals surface area contributed by atoms with Crippen molar-refractivity contribution in [3.63, 3.8) is 0 Å². The van der Waals surface area contributed by atoms with Crippen LogP contribution in [0.2, 0.25) is 0 Å². The van der Waals surface area contributed by atoms with Crippen LogP contribution in [0.3, 0.4) is 0 Å². The first-order valence-corrected chi connectivity index (χ1v) is 14.7. The van der Waals surface area contributed by atoms with E-state index >= 15 is 4.39 Å². The lowest BCUT2D eigenvalue weighted by atomic mass is 9.82. The minimum Gasteiger partial charge on any atom is -0.343 e. The molecule has 0 spiro atoms. The van der Waals surface area contributed by atoms with E-state index in [1.54, 1.807) is 6.07 Å². The predicted molar refractivity (Wildman–Crippen MR) is 156 cm³/mol. The standard InChI is InChI=1S/C32H40FN5O2/c1-32(13-8-10-24(20-32)29(35)23-9-4-2-5-11-26(34)17-23)36-30(39)27-18-25-21-38(16-12-22(25)19-28(27)33)31(40)37-14-6-3-7-15-37/h8,10,13,17-19,34-35H,2-7,9,11-12,14-16,20-21H2,1H3,(H,36,39)/b23-17+,34-26?,35-29?. The number of hydrogen-bond donors (Lipinski definition) is 3. The van der Waals surface area contributed by atoms with Crippen LogP contribution in [0.25, 0.3) is 0 Å². The van der Waals surface area contributed by atoms with E-state index in [1.807, 2.05) is 41.0 Å². The molecule has 0 aromatic heterocycles. The van der Waals surface area contributed by atoms with Crippen molar-refractivity contribution < 1.29 is 14.0 Å². The number of benzene rings is 1. The Kier molecular flexibility index (Phi) is 8.33. The number of allylic oxidation sites excluding steroid dienone is 4. The molecule has 4 aliphatic rings. The zero-order valence-corrected chi connectivity index (χ0v) is 23.5. The maximum absolute atomic E-state index is 15.2. The molecule has 2 heterocycles. The molecule has 1 atom stereocenters. The zero-order chi connectivity index (χ0) is 28.3. The van der Waals surface area contributed by atoms with E-state index in [-0.39, 0.29) is 11.6 Å². The van der Waals surface area contributed by atoms with Gasteiger partial charge < -0.3 is 25.9 Å². The first-order valence-electron chi connectivity index (χ1n) is 14.7. The molecule has 8 heteroatoms. The summed E-state index contributed by atoms with van der Waals surface area (Å²) in [6.45, 7) is 4.35. The van der Waals surface area contributed by atoms with Crippen LogP contribution in [0.15, 0.2) is 47.6 Å².